The van der Waals surface area contributed by atoms with Gasteiger partial charge in [0.1, 0.15) is 0 Å². The van der Waals surface area contributed by atoms with Crippen LogP contribution in [0.2, 0.25) is 0 Å². The molecule has 23 heavy (non-hydrogen) atoms. The van der Waals surface area contributed by atoms with Crippen molar-refractivity contribution < 1.29 is 23.8 Å². The number of hydrogen-bond donors (Lipinski definition) is 2. The van der Waals surface area contributed by atoms with E-state index in [2.05, 4.69) is 10.6 Å². The van der Waals surface area contributed by atoms with E-state index in [0.29, 0.717) is 22.8 Å². The molecule has 2 N–H and O–H groups in total. The van der Waals surface area contributed by atoms with E-state index in [1.54, 1.807) is 19.9 Å². The molecule has 0 radical (unpaired) electrons. The number of rotatable bonds is 3. The molecule has 7 heteroatoms. The lowest BCUT2D eigenvalue weighted by Crippen LogP contribution is -2.45. The number of aryl methyl sites for hydroxylation is 1. The smallest absolute Gasteiger partial charge is 0.338 e. The molecule has 2 amide bonds. The number of amides is 2. The summed E-state index contributed by atoms with van der Waals surface area (Å²) in [5, 5.41) is 5.39. The molecule has 7 nitrogen and oxygen atoms in total. The molecule has 2 heterocycles. The second-order valence-corrected chi connectivity index (χ2v) is 5.35. The number of esters is 1. The van der Waals surface area contributed by atoms with Gasteiger partial charge in [0.2, 0.25) is 6.79 Å². The van der Waals surface area contributed by atoms with E-state index < -0.39 is 12.0 Å². The summed E-state index contributed by atoms with van der Waals surface area (Å²) in [4.78, 5) is 24.2. The Morgan fingerprint density at radius 2 is 2.00 bits per heavy atom. The van der Waals surface area contributed by atoms with Gasteiger partial charge in [-0.15, -0.1) is 0 Å². The van der Waals surface area contributed by atoms with Crippen LogP contribution in [-0.2, 0) is 9.53 Å². The zero-order valence-corrected chi connectivity index (χ0v) is 13.2. The van der Waals surface area contributed by atoms with Crippen molar-refractivity contribution >= 4 is 12.0 Å². The Hall–Kier alpha value is -2.70. The van der Waals surface area contributed by atoms with Crippen LogP contribution >= 0.6 is 0 Å². The van der Waals surface area contributed by atoms with E-state index in [9.17, 15) is 9.59 Å². The number of nitrogens with one attached hydrogen (secondary N) is 2. The first-order valence-corrected chi connectivity index (χ1v) is 7.36. The maximum atomic E-state index is 12.3. The summed E-state index contributed by atoms with van der Waals surface area (Å²) in [6.45, 7) is 5.74. The van der Waals surface area contributed by atoms with Crippen LogP contribution < -0.4 is 20.1 Å². The molecule has 3 rings (SSSR count). The Kier molecular flexibility index (Phi) is 3.85. The zero-order valence-electron chi connectivity index (χ0n) is 13.2. The number of carbonyl (C=O) groups is 2. The van der Waals surface area contributed by atoms with Crippen LogP contribution in [0.3, 0.4) is 0 Å². The Balaban J connectivity index is 2.07. The normalized spacial score (nSPS) is 19.3. The molecule has 0 unspecified atom stereocenters. The van der Waals surface area contributed by atoms with Crippen molar-refractivity contribution in [2.24, 2.45) is 0 Å². The van der Waals surface area contributed by atoms with Gasteiger partial charge in [0.25, 0.3) is 0 Å². The molecule has 0 aliphatic carbocycles. The van der Waals surface area contributed by atoms with Crippen molar-refractivity contribution in [2.45, 2.75) is 26.8 Å². The molecule has 0 saturated heterocycles. The van der Waals surface area contributed by atoms with E-state index in [-0.39, 0.29) is 19.4 Å². The SMILES string of the molecule is CCOC(=O)C1=C(C)NC(=O)N[C@H]1c1cc2c(cc1C)OCO2. The first-order chi connectivity index (χ1) is 11.0. The zero-order chi connectivity index (χ0) is 16.6. The number of carbonyl (C=O) groups excluding carboxylic acids is 2. The maximum absolute atomic E-state index is 12.3. The molecule has 1 atom stereocenters. The highest BCUT2D eigenvalue weighted by Crippen LogP contribution is 2.39. The van der Waals surface area contributed by atoms with Gasteiger partial charge < -0.3 is 24.8 Å². The average Bonchev–Trinajstić information content (AvgIpc) is 2.92. The van der Waals surface area contributed by atoms with Gasteiger partial charge in [0, 0.05) is 5.70 Å². The molecule has 0 spiro atoms. The van der Waals surface area contributed by atoms with Gasteiger partial charge in [0.05, 0.1) is 18.2 Å². The predicted octanol–water partition coefficient (Wildman–Crippen LogP) is 1.91. The average molecular weight is 318 g/mol. The van der Waals surface area contributed by atoms with Crippen LogP contribution in [0.5, 0.6) is 11.5 Å². The number of urea groups is 1. The van der Waals surface area contributed by atoms with E-state index in [4.69, 9.17) is 14.2 Å². The van der Waals surface area contributed by atoms with Crippen LogP contribution in [0.1, 0.15) is 31.0 Å². The van der Waals surface area contributed by atoms with Crippen LogP contribution in [0.15, 0.2) is 23.4 Å². The van der Waals surface area contributed by atoms with E-state index >= 15 is 0 Å². The van der Waals surface area contributed by atoms with Crippen molar-refractivity contribution in [2.75, 3.05) is 13.4 Å². The second kappa shape index (κ2) is 5.83. The van der Waals surface area contributed by atoms with Crippen molar-refractivity contribution in [3.05, 3.63) is 34.5 Å². The molecule has 0 saturated carbocycles. The minimum absolute atomic E-state index is 0.163. The monoisotopic (exact) mass is 318 g/mol. The molecular weight excluding hydrogens is 300 g/mol. The van der Waals surface area contributed by atoms with Gasteiger partial charge in [-0.3, -0.25) is 0 Å². The fraction of sp³-hybridized carbons (Fsp3) is 0.375. The minimum atomic E-state index is -0.600. The Morgan fingerprint density at radius 3 is 2.70 bits per heavy atom. The van der Waals surface area contributed by atoms with Gasteiger partial charge in [-0.25, -0.2) is 9.59 Å². The highest BCUT2D eigenvalue weighted by molar-refractivity contribution is 5.95. The first-order valence-electron chi connectivity index (χ1n) is 7.36. The maximum Gasteiger partial charge on any atom is 0.338 e. The molecule has 1 aromatic rings. The van der Waals surface area contributed by atoms with Crippen LogP contribution in [0, 0.1) is 6.92 Å². The lowest BCUT2D eigenvalue weighted by molar-refractivity contribution is -0.139. The van der Waals surface area contributed by atoms with E-state index in [1.165, 1.54) is 0 Å². The lowest BCUT2D eigenvalue weighted by atomic mass is 9.92. The summed E-state index contributed by atoms with van der Waals surface area (Å²) in [6.07, 6.45) is 0. The van der Waals surface area contributed by atoms with Crippen LogP contribution in [0.25, 0.3) is 0 Å². The quantitative estimate of drug-likeness (QED) is 0.832. The largest absolute Gasteiger partial charge is 0.463 e. The number of benzene rings is 1. The van der Waals surface area contributed by atoms with Crippen molar-refractivity contribution in [1.29, 1.82) is 0 Å². The summed E-state index contributed by atoms with van der Waals surface area (Å²) in [5.74, 6) is 0.795. The minimum Gasteiger partial charge on any atom is -0.463 e. The molecule has 0 aromatic heterocycles. The fourth-order valence-electron chi connectivity index (χ4n) is 2.78. The summed E-state index contributed by atoms with van der Waals surface area (Å²) >= 11 is 0. The Bertz CT molecular complexity index is 711. The van der Waals surface area contributed by atoms with Crippen molar-refractivity contribution in [3.8, 4) is 11.5 Å². The summed E-state index contributed by atoms with van der Waals surface area (Å²) in [7, 11) is 0. The number of hydrogen-bond acceptors (Lipinski definition) is 5. The van der Waals surface area contributed by atoms with Crippen LogP contribution in [0.4, 0.5) is 4.79 Å². The van der Waals surface area contributed by atoms with E-state index in [0.717, 1.165) is 11.1 Å². The van der Waals surface area contributed by atoms with Gasteiger partial charge >= 0.3 is 12.0 Å². The van der Waals surface area contributed by atoms with Gasteiger partial charge in [-0.05, 0) is 44.0 Å². The highest BCUT2D eigenvalue weighted by Gasteiger charge is 2.34. The van der Waals surface area contributed by atoms with Crippen LogP contribution in [-0.4, -0.2) is 25.4 Å². The van der Waals surface area contributed by atoms with Crippen molar-refractivity contribution in [3.63, 3.8) is 0 Å². The second-order valence-electron chi connectivity index (χ2n) is 5.35. The molecule has 1 aromatic carbocycles. The molecule has 0 bridgehead atoms. The number of allylic oxidation sites excluding steroid dienone is 1. The molecule has 0 fully saturated rings. The number of fused-ring (bicyclic) bond motifs is 1. The summed E-state index contributed by atoms with van der Waals surface area (Å²) < 4.78 is 15.9. The summed E-state index contributed by atoms with van der Waals surface area (Å²) in [5.41, 5.74) is 2.52. The Labute approximate surface area is 133 Å². The third kappa shape index (κ3) is 2.69. The summed E-state index contributed by atoms with van der Waals surface area (Å²) in [6, 6.07) is 2.67. The molecular formula is C16H18N2O5. The molecule has 122 valence electrons. The van der Waals surface area contributed by atoms with Gasteiger partial charge in [0.15, 0.2) is 11.5 Å². The molecule has 2 aliphatic rings. The molecule has 2 aliphatic heterocycles. The topological polar surface area (TPSA) is 85.9 Å². The third-order valence-corrected chi connectivity index (χ3v) is 3.84. The highest BCUT2D eigenvalue weighted by atomic mass is 16.7. The predicted molar refractivity (Wildman–Crippen MR) is 81.0 cm³/mol. The van der Waals surface area contributed by atoms with Gasteiger partial charge in [-0.2, -0.15) is 0 Å². The first kappa shape index (κ1) is 15.2. The number of ether oxygens (including phenoxy) is 3. The third-order valence-electron chi connectivity index (χ3n) is 3.84. The fourth-order valence-corrected chi connectivity index (χ4v) is 2.78. The Morgan fingerprint density at radius 1 is 1.30 bits per heavy atom. The van der Waals surface area contributed by atoms with Gasteiger partial charge in [-0.1, -0.05) is 0 Å². The lowest BCUT2D eigenvalue weighted by Gasteiger charge is -2.29. The standard InChI is InChI=1S/C16H18N2O5/c1-4-21-15(19)13-9(3)17-16(20)18-14(13)10-6-12-11(5-8(10)2)22-7-23-12/h5-6,14H,4,7H2,1-3H3,(H2,17,18,20)/t14-/m0/s1. The van der Waals surface area contributed by atoms with E-state index in [1.807, 2.05) is 13.0 Å². The van der Waals surface area contributed by atoms with Crippen molar-refractivity contribution in [1.82, 2.24) is 10.6 Å².